The maximum absolute atomic E-state index is 5.37. The molecule has 0 aromatic heterocycles. The number of alkyl halides is 2. The Balaban J connectivity index is 2.65. The van der Waals surface area contributed by atoms with E-state index in [4.69, 9.17) is 5.73 Å². The first-order valence-corrected chi connectivity index (χ1v) is 7.74. The Bertz CT molecular complexity index is 49.2. The van der Waals surface area contributed by atoms with Gasteiger partial charge in [-0.1, -0.05) is 0 Å². The summed E-state index contributed by atoms with van der Waals surface area (Å²) >= 11 is 0.557. The molecule has 2 N–H and O–H groups in total. The van der Waals surface area contributed by atoms with Crippen molar-refractivity contribution in [2.45, 2.75) is 32.1 Å². The number of halogens is 1. The van der Waals surface area contributed by atoms with Gasteiger partial charge in [-0.2, -0.15) is 0 Å². The van der Waals surface area contributed by atoms with Gasteiger partial charge in [0.15, 0.2) is 0 Å². The summed E-state index contributed by atoms with van der Waals surface area (Å²) in [6.45, 7) is 0.876. The molecule has 0 saturated heterocycles. The Morgan fingerprint density at radius 1 is 1.00 bits per heavy atom. The standard InChI is InChI=1S/C8H19IN/c1-9-7-5-3-2-4-6-8-10/h2-8,10H2,1H3/q-1. The molecule has 0 aliphatic carbocycles. The van der Waals surface area contributed by atoms with Gasteiger partial charge >= 0.3 is 74.9 Å². The van der Waals surface area contributed by atoms with Crippen molar-refractivity contribution in [1.29, 1.82) is 0 Å². The van der Waals surface area contributed by atoms with Gasteiger partial charge < -0.3 is 0 Å². The van der Waals surface area contributed by atoms with Gasteiger partial charge in [0.1, 0.15) is 0 Å². The molecular formula is C8H19IN-. The summed E-state index contributed by atoms with van der Waals surface area (Å²) < 4.78 is 1.52. The van der Waals surface area contributed by atoms with E-state index in [-0.39, 0.29) is 0 Å². The van der Waals surface area contributed by atoms with E-state index in [1.807, 2.05) is 0 Å². The minimum atomic E-state index is 0.557. The van der Waals surface area contributed by atoms with E-state index in [0.29, 0.717) is 21.2 Å². The van der Waals surface area contributed by atoms with Crippen molar-refractivity contribution in [3.05, 3.63) is 0 Å². The Labute approximate surface area is 75.0 Å². The zero-order valence-corrected chi connectivity index (χ0v) is 9.06. The molecule has 0 saturated carbocycles. The summed E-state index contributed by atoms with van der Waals surface area (Å²) in [6.07, 6.45) is 6.88. The normalized spacial score (nSPS) is 10.6. The fourth-order valence-corrected chi connectivity index (χ4v) is 2.20. The second-order valence-electron chi connectivity index (χ2n) is 2.51. The van der Waals surface area contributed by atoms with Gasteiger partial charge in [0.2, 0.25) is 0 Å². The maximum atomic E-state index is 5.37. The molecule has 0 fully saturated rings. The first-order valence-electron chi connectivity index (χ1n) is 4.05. The molecule has 0 aliphatic heterocycles. The molecule has 64 valence electrons. The van der Waals surface area contributed by atoms with Gasteiger partial charge in [-0.3, -0.25) is 0 Å². The van der Waals surface area contributed by atoms with Crippen LogP contribution in [0.2, 0.25) is 0 Å². The van der Waals surface area contributed by atoms with Crippen LogP contribution in [-0.2, 0) is 0 Å². The van der Waals surface area contributed by atoms with Crippen molar-refractivity contribution in [2.75, 3.05) is 15.9 Å². The second kappa shape index (κ2) is 9.69. The number of nitrogens with two attached hydrogens (primary N) is 1. The van der Waals surface area contributed by atoms with E-state index in [9.17, 15) is 0 Å². The van der Waals surface area contributed by atoms with Crippen LogP contribution >= 0.6 is 0 Å². The Kier molecular flexibility index (Phi) is 10.4. The summed E-state index contributed by atoms with van der Waals surface area (Å²) in [4.78, 5) is 2.36. The molecule has 0 aromatic rings. The van der Waals surface area contributed by atoms with E-state index < -0.39 is 0 Å². The molecule has 0 bridgehead atoms. The van der Waals surface area contributed by atoms with Gasteiger partial charge in [-0.15, -0.1) is 0 Å². The molecule has 0 heterocycles. The van der Waals surface area contributed by atoms with Crippen LogP contribution in [-0.4, -0.2) is 15.9 Å². The Morgan fingerprint density at radius 3 is 2.20 bits per heavy atom. The van der Waals surface area contributed by atoms with Gasteiger partial charge in [0, 0.05) is 0 Å². The molecule has 1 nitrogen and oxygen atoms in total. The first kappa shape index (κ1) is 10.7. The summed E-state index contributed by atoms with van der Waals surface area (Å²) in [5, 5.41) is 0. The minimum absolute atomic E-state index is 0.557. The summed E-state index contributed by atoms with van der Waals surface area (Å²) in [6, 6.07) is 0. The van der Waals surface area contributed by atoms with Crippen LogP contribution < -0.4 is 26.9 Å². The van der Waals surface area contributed by atoms with Crippen molar-refractivity contribution >= 4 is 0 Å². The van der Waals surface area contributed by atoms with Crippen LogP contribution in [0, 0.1) is 0 Å². The van der Waals surface area contributed by atoms with Crippen LogP contribution in [0.3, 0.4) is 0 Å². The average Bonchev–Trinajstić information content (AvgIpc) is 1.97. The third-order valence-electron chi connectivity index (χ3n) is 1.53. The summed E-state index contributed by atoms with van der Waals surface area (Å²) in [7, 11) is 0. The Hall–Kier alpha value is 0.690. The molecular weight excluding hydrogens is 237 g/mol. The van der Waals surface area contributed by atoms with Gasteiger partial charge in [-0.25, -0.2) is 0 Å². The van der Waals surface area contributed by atoms with Crippen LogP contribution in [0.5, 0.6) is 0 Å². The topological polar surface area (TPSA) is 26.0 Å². The average molecular weight is 256 g/mol. The SMILES string of the molecule is C[I-]CCCCCCCN. The molecule has 0 rings (SSSR count). The second-order valence-corrected chi connectivity index (χ2v) is 5.12. The number of hydrogen-bond acceptors (Lipinski definition) is 1. The molecule has 0 aromatic carbocycles. The number of rotatable bonds is 7. The van der Waals surface area contributed by atoms with Gasteiger partial charge in [0.05, 0.1) is 0 Å². The number of hydrogen-bond donors (Lipinski definition) is 1. The zero-order chi connectivity index (χ0) is 7.66. The van der Waals surface area contributed by atoms with Crippen molar-refractivity contribution in [2.24, 2.45) is 5.73 Å². The monoisotopic (exact) mass is 256 g/mol. The van der Waals surface area contributed by atoms with Crippen molar-refractivity contribution in [3.63, 3.8) is 0 Å². The van der Waals surface area contributed by atoms with Crippen LogP contribution in [0.25, 0.3) is 0 Å². The van der Waals surface area contributed by atoms with Crippen LogP contribution in [0.1, 0.15) is 32.1 Å². The predicted molar refractivity (Wildman–Crippen MR) is 42.9 cm³/mol. The molecule has 0 atom stereocenters. The Morgan fingerprint density at radius 2 is 1.60 bits per heavy atom. The first-order chi connectivity index (χ1) is 4.91. The molecule has 0 amide bonds. The van der Waals surface area contributed by atoms with Crippen LogP contribution in [0.15, 0.2) is 0 Å². The van der Waals surface area contributed by atoms with Crippen LogP contribution in [0.4, 0.5) is 0 Å². The molecule has 0 spiro atoms. The van der Waals surface area contributed by atoms with Crippen molar-refractivity contribution < 1.29 is 21.2 Å². The summed E-state index contributed by atoms with van der Waals surface area (Å²) in [5.74, 6) is 0. The molecule has 0 radical (unpaired) electrons. The zero-order valence-electron chi connectivity index (χ0n) is 6.91. The third kappa shape index (κ3) is 8.69. The predicted octanol–water partition coefficient (Wildman–Crippen LogP) is -1.39. The quantitative estimate of drug-likeness (QED) is 0.339. The number of unbranched alkanes of at least 4 members (excludes halogenated alkanes) is 4. The fraction of sp³-hybridized carbons (Fsp3) is 1.00. The van der Waals surface area contributed by atoms with Gasteiger partial charge in [-0.05, 0) is 0 Å². The molecule has 2 heteroatoms. The van der Waals surface area contributed by atoms with E-state index >= 15 is 0 Å². The van der Waals surface area contributed by atoms with E-state index in [1.165, 1.54) is 36.5 Å². The fourth-order valence-electron chi connectivity index (χ4n) is 0.903. The van der Waals surface area contributed by atoms with E-state index in [2.05, 4.69) is 4.93 Å². The van der Waals surface area contributed by atoms with Gasteiger partial charge in [0.25, 0.3) is 0 Å². The van der Waals surface area contributed by atoms with E-state index in [0.717, 1.165) is 6.54 Å². The van der Waals surface area contributed by atoms with Crippen molar-refractivity contribution in [1.82, 2.24) is 0 Å². The molecule has 0 aliphatic rings. The molecule has 0 unspecified atom stereocenters. The van der Waals surface area contributed by atoms with E-state index in [1.54, 1.807) is 0 Å². The van der Waals surface area contributed by atoms with Crippen molar-refractivity contribution in [3.8, 4) is 0 Å². The molecule has 10 heavy (non-hydrogen) atoms. The third-order valence-corrected chi connectivity index (χ3v) is 3.37. The summed E-state index contributed by atoms with van der Waals surface area (Å²) in [5.41, 5.74) is 5.37.